The maximum Gasteiger partial charge on any atom is 0.0580 e. The minimum atomic E-state index is 0.748. The van der Waals surface area contributed by atoms with Gasteiger partial charge >= 0.3 is 0 Å². The standard InChI is InChI=1S/C16H21NO/c1-2-6-15(7-3-1)8-4-11-17-12-5-13-18-14-16-9-10-16/h1-3,6-7,16-17H,5,9-14H2. The van der Waals surface area contributed by atoms with E-state index in [0.717, 1.165) is 44.2 Å². The Hall–Kier alpha value is -1.30. The van der Waals surface area contributed by atoms with E-state index in [4.69, 9.17) is 4.74 Å². The van der Waals surface area contributed by atoms with Crippen LogP contribution in [-0.4, -0.2) is 26.3 Å². The topological polar surface area (TPSA) is 21.3 Å². The Morgan fingerprint density at radius 2 is 2.06 bits per heavy atom. The fraction of sp³-hybridized carbons (Fsp3) is 0.500. The third-order valence-corrected chi connectivity index (χ3v) is 2.91. The van der Waals surface area contributed by atoms with Crippen LogP contribution >= 0.6 is 0 Å². The molecule has 1 aliphatic carbocycles. The van der Waals surface area contributed by atoms with E-state index in [1.54, 1.807) is 0 Å². The summed E-state index contributed by atoms with van der Waals surface area (Å²) >= 11 is 0. The van der Waals surface area contributed by atoms with Crippen molar-refractivity contribution < 1.29 is 4.74 Å². The minimum absolute atomic E-state index is 0.748. The van der Waals surface area contributed by atoms with Gasteiger partial charge in [0.05, 0.1) is 6.54 Å². The number of rotatable bonds is 7. The normalized spacial score (nSPS) is 14.0. The maximum atomic E-state index is 5.56. The van der Waals surface area contributed by atoms with Gasteiger partial charge in [-0.15, -0.1) is 0 Å². The first-order valence-electron chi connectivity index (χ1n) is 6.77. The SMILES string of the molecule is C(#Cc1ccccc1)CNCCCOCC1CC1. The molecule has 0 radical (unpaired) electrons. The molecule has 1 aromatic carbocycles. The van der Waals surface area contributed by atoms with Crippen LogP contribution in [0.5, 0.6) is 0 Å². The molecule has 2 rings (SSSR count). The molecule has 1 saturated carbocycles. The third kappa shape index (κ3) is 5.86. The average molecular weight is 243 g/mol. The zero-order chi connectivity index (χ0) is 12.5. The van der Waals surface area contributed by atoms with E-state index in [-0.39, 0.29) is 0 Å². The first kappa shape index (κ1) is 13.1. The van der Waals surface area contributed by atoms with E-state index in [1.807, 2.05) is 30.3 Å². The van der Waals surface area contributed by atoms with Gasteiger partial charge < -0.3 is 10.1 Å². The fourth-order valence-corrected chi connectivity index (χ4v) is 1.65. The number of hydrogen-bond donors (Lipinski definition) is 1. The molecule has 0 aromatic heterocycles. The van der Waals surface area contributed by atoms with Crippen LogP contribution < -0.4 is 5.32 Å². The van der Waals surface area contributed by atoms with Gasteiger partial charge in [0.1, 0.15) is 0 Å². The van der Waals surface area contributed by atoms with E-state index in [0.29, 0.717) is 0 Å². The molecule has 0 spiro atoms. The highest BCUT2D eigenvalue weighted by Gasteiger charge is 2.20. The molecular formula is C16H21NO. The largest absolute Gasteiger partial charge is 0.381 e. The van der Waals surface area contributed by atoms with E-state index < -0.39 is 0 Å². The highest BCUT2D eigenvalue weighted by molar-refractivity contribution is 5.33. The Morgan fingerprint density at radius 1 is 1.22 bits per heavy atom. The van der Waals surface area contributed by atoms with Gasteiger partial charge in [0, 0.05) is 18.8 Å². The Kier molecular flexibility index (Phi) is 5.78. The Balaban J connectivity index is 1.44. The van der Waals surface area contributed by atoms with E-state index in [9.17, 15) is 0 Å². The second-order valence-electron chi connectivity index (χ2n) is 4.72. The molecule has 1 aliphatic rings. The van der Waals surface area contributed by atoms with Crippen LogP contribution in [0, 0.1) is 17.8 Å². The second kappa shape index (κ2) is 7.92. The molecular weight excluding hydrogens is 222 g/mol. The van der Waals surface area contributed by atoms with Crippen molar-refractivity contribution in [2.75, 3.05) is 26.3 Å². The summed E-state index contributed by atoms with van der Waals surface area (Å²) in [6.07, 6.45) is 3.81. The molecule has 1 N–H and O–H groups in total. The van der Waals surface area contributed by atoms with Gasteiger partial charge in [-0.05, 0) is 43.9 Å². The summed E-state index contributed by atoms with van der Waals surface area (Å²) in [6, 6.07) is 10.1. The zero-order valence-corrected chi connectivity index (χ0v) is 10.8. The Morgan fingerprint density at radius 3 is 2.83 bits per heavy atom. The van der Waals surface area contributed by atoms with Gasteiger partial charge in [-0.1, -0.05) is 30.0 Å². The van der Waals surface area contributed by atoms with Crippen LogP contribution in [-0.2, 0) is 4.74 Å². The highest BCUT2D eigenvalue weighted by Crippen LogP contribution is 2.28. The molecule has 0 atom stereocenters. The van der Waals surface area contributed by atoms with E-state index >= 15 is 0 Å². The summed E-state index contributed by atoms with van der Waals surface area (Å²) in [6.45, 7) is 3.56. The molecule has 1 aromatic rings. The van der Waals surface area contributed by atoms with Crippen molar-refractivity contribution in [1.82, 2.24) is 5.32 Å². The Labute approximate surface area is 110 Å². The predicted molar refractivity (Wildman–Crippen MR) is 74.3 cm³/mol. The minimum Gasteiger partial charge on any atom is -0.381 e. The molecule has 1 fully saturated rings. The van der Waals surface area contributed by atoms with Gasteiger partial charge in [-0.2, -0.15) is 0 Å². The quantitative estimate of drug-likeness (QED) is 0.586. The molecule has 0 heterocycles. The molecule has 0 bridgehead atoms. The maximum absolute atomic E-state index is 5.56. The van der Waals surface area contributed by atoms with Crippen molar-refractivity contribution >= 4 is 0 Å². The predicted octanol–water partition coefficient (Wildman–Crippen LogP) is 2.44. The number of nitrogens with one attached hydrogen (secondary N) is 1. The number of benzene rings is 1. The number of ether oxygens (including phenoxy) is 1. The van der Waals surface area contributed by atoms with Crippen LogP contribution in [0.3, 0.4) is 0 Å². The molecule has 2 nitrogen and oxygen atoms in total. The van der Waals surface area contributed by atoms with E-state index in [1.165, 1.54) is 12.8 Å². The zero-order valence-electron chi connectivity index (χ0n) is 10.8. The second-order valence-corrected chi connectivity index (χ2v) is 4.72. The molecule has 0 aliphatic heterocycles. The van der Waals surface area contributed by atoms with Gasteiger partial charge in [-0.3, -0.25) is 0 Å². The summed E-state index contributed by atoms with van der Waals surface area (Å²) < 4.78 is 5.56. The van der Waals surface area contributed by atoms with Crippen molar-refractivity contribution in [3.8, 4) is 11.8 Å². The van der Waals surface area contributed by atoms with Crippen molar-refractivity contribution in [2.24, 2.45) is 5.92 Å². The number of hydrogen-bond acceptors (Lipinski definition) is 2. The lowest BCUT2D eigenvalue weighted by Gasteiger charge is -2.02. The summed E-state index contributed by atoms with van der Waals surface area (Å²) in [4.78, 5) is 0. The third-order valence-electron chi connectivity index (χ3n) is 2.91. The van der Waals surface area contributed by atoms with Crippen LogP contribution in [0.2, 0.25) is 0 Å². The van der Waals surface area contributed by atoms with Crippen LogP contribution in [0.1, 0.15) is 24.8 Å². The highest BCUT2D eigenvalue weighted by atomic mass is 16.5. The first-order valence-corrected chi connectivity index (χ1v) is 6.77. The lowest BCUT2D eigenvalue weighted by atomic mass is 10.2. The van der Waals surface area contributed by atoms with Gasteiger partial charge in [0.25, 0.3) is 0 Å². The molecule has 96 valence electrons. The monoisotopic (exact) mass is 243 g/mol. The average Bonchev–Trinajstić information content (AvgIpc) is 3.22. The van der Waals surface area contributed by atoms with Gasteiger partial charge in [-0.25, -0.2) is 0 Å². The molecule has 18 heavy (non-hydrogen) atoms. The van der Waals surface area contributed by atoms with E-state index in [2.05, 4.69) is 17.2 Å². The van der Waals surface area contributed by atoms with Crippen LogP contribution in [0.15, 0.2) is 30.3 Å². The smallest absolute Gasteiger partial charge is 0.0580 e. The van der Waals surface area contributed by atoms with Gasteiger partial charge in [0.15, 0.2) is 0 Å². The lowest BCUT2D eigenvalue weighted by molar-refractivity contribution is 0.122. The summed E-state index contributed by atoms with van der Waals surface area (Å²) in [5.41, 5.74) is 1.08. The summed E-state index contributed by atoms with van der Waals surface area (Å²) in [5, 5.41) is 3.31. The Bertz CT molecular complexity index is 387. The van der Waals surface area contributed by atoms with Crippen molar-refractivity contribution in [1.29, 1.82) is 0 Å². The van der Waals surface area contributed by atoms with Gasteiger partial charge in [0.2, 0.25) is 0 Å². The molecule has 0 unspecified atom stereocenters. The fourth-order valence-electron chi connectivity index (χ4n) is 1.65. The van der Waals surface area contributed by atoms with Crippen molar-refractivity contribution in [3.63, 3.8) is 0 Å². The van der Waals surface area contributed by atoms with Crippen molar-refractivity contribution in [3.05, 3.63) is 35.9 Å². The summed E-state index contributed by atoms with van der Waals surface area (Å²) in [7, 11) is 0. The van der Waals surface area contributed by atoms with Crippen molar-refractivity contribution in [2.45, 2.75) is 19.3 Å². The lowest BCUT2D eigenvalue weighted by Crippen LogP contribution is -2.17. The molecule has 0 saturated heterocycles. The first-order chi connectivity index (χ1) is 8.95. The summed E-state index contributed by atoms with van der Waals surface area (Å²) in [5.74, 6) is 7.12. The van der Waals surface area contributed by atoms with Crippen LogP contribution in [0.25, 0.3) is 0 Å². The molecule has 2 heteroatoms. The molecule has 0 amide bonds. The van der Waals surface area contributed by atoms with Crippen LogP contribution in [0.4, 0.5) is 0 Å².